The maximum atomic E-state index is 11.4. The molecule has 1 heterocycles. The van der Waals surface area contributed by atoms with Crippen molar-refractivity contribution in [3.05, 3.63) is 23.3 Å². The summed E-state index contributed by atoms with van der Waals surface area (Å²) in [5.41, 5.74) is 1.10. The van der Waals surface area contributed by atoms with E-state index in [4.69, 9.17) is 9.47 Å². The van der Waals surface area contributed by atoms with E-state index < -0.39 is 11.4 Å². The Bertz CT molecular complexity index is 503. The molecule has 1 N–H and O–H groups in total. The molecule has 0 radical (unpaired) electrons. The van der Waals surface area contributed by atoms with E-state index in [2.05, 4.69) is 0 Å². The molecular weight excluding hydrogens is 232 g/mol. The molecule has 1 aromatic carbocycles. The van der Waals surface area contributed by atoms with Gasteiger partial charge in [0.25, 0.3) is 0 Å². The van der Waals surface area contributed by atoms with Crippen LogP contribution < -0.4 is 9.47 Å². The van der Waals surface area contributed by atoms with Crippen LogP contribution in [0.15, 0.2) is 12.1 Å². The molecular formula is C14H16O4. The fourth-order valence-corrected chi connectivity index (χ4v) is 2.62. The van der Waals surface area contributed by atoms with Crippen LogP contribution in [0.1, 0.15) is 30.4 Å². The lowest BCUT2D eigenvalue weighted by molar-refractivity contribution is -0.140. The first-order valence-corrected chi connectivity index (χ1v) is 6.28. The van der Waals surface area contributed by atoms with Crippen molar-refractivity contribution < 1.29 is 19.4 Å². The third kappa shape index (κ3) is 1.55. The first kappa shape index (κ1) is 11.4. The van der Waals surface area contributed by atoms with E-state index in [1.54, 1.807) is 0 Å². The Morgan fingerprint density at radius 1 is 1.28 bits per heavy atom. The molecule has 0 bridgehead atoms. The van der Waals surface area contributed by atoms with Gasteiger partial charge in [-0.1, -0.05) is 6.07 Å². The van der Waals surface area contributed by atoms with E-state index in [9.17, 15) is 9.90 Å². The van der Waals surface area contributed by atoms with Gasteiger partial charge < -0.3 is 14.6 Å². The molecule has 96 valence electrons. The van der Waals surface area contributed by atoms with E-state index in [0.29, 0.717) is 26.1 Å². The van der Waals surface area contributed by atoms with Crippen LogP contribution >= 0.6 is 0 Å². The van der Waals surface area contributed by atoms with E-state index >= 15 is 0 Å². The zero-order valence-electron chi connectivity index (χ0n) is 10.4. The Hall–Kier alpha value is -1.71. The van der Waals surface area contributed by atoms with Crippen molar-refractivity contribution in [2.45, 2.75) is 31.6 Å². The van der Waals surface area contributed by atoms with Crippen LogP contribution in [0.25, 0.3) is 0 Å². The van der Waals surface area contributed by atoms with Crippen molar-refractivity contribution in [3.8, 4) is 11.5 Å². The summed E-state index contributed by atoms with van der Waals surface area (Å²) in [6.07, 6.45) is 2.28. The molecule has 4 nitrogen and oxygen atoms in total. The number of fused-ring (bicyclic) bond motifs is 1. The zero-order valence-corrected chi connectivity index (χ0v) is 10.4. The van der Waals surface area contributed by atoms with Gasteiger partial charge in [0.1, 0.15) is 0 Å². The number of benzene rings is 1. The lowest BCUT2D eigenvalue weighted by Crippen LogP contribution is -2.21. The van der Waals surface area contributed by atoms with Gasteiger partial charge in [0.2, 0.25) is 0 Å². The molecule has 0 unspecified atom stereocenters. The van der Waals surface area contributed by atoms with Crippen molar-refractivity contribution >= 4 is 5.97 Å². The minimum Gasteiger partial charge on any atom is -0.490 e. The van der Waals surface area contributed by atoms with E-state index in [1.807, 2.05) is 19.1 Å². The van der Waals surface area contributed by atoms with Gasteiger partial charge in [-0.25, -0.2) is 0 Å². The van der Waals surface area contributed by atoms with Crippen LogP contribution in [0.5, 0.6) is 11.5 Å². The molecule has 2 aliphatic rings. The standard InChI is InChI=1S/C14H16O4/c1-9-10(14(5-6-14)13(15)16)3-4-11-12(9)18-8-2-7-17-11/h3-4H,2,5-8H2,1H3,(H,15,16). The molecule has 0 spiro atoms. The van der Waals surface area contributed by atoms with Crippen LogP contribution in [0.2, 0.25) is 0 Å². The molecule has 1 aromatic rings. The number of aliphatic carboxylic acids is 1. The number of carboxylic acids is 1. The van der Waals surface area contributed by atoms with Gasteiger partial charge in [-0.05, 0) is 37.0 Å². The van der Waals surface area contributed by atoms with Gasteiger partial charge in [-0.3, -0.25) is 4.79 Å². The minimum absolute atomic E-state index is 0.622. The van der Waals surface area contributed by atoms with Crippen molar-refractivity contribution in [2.24, 2.45) is 0 Å². The average Bonchev–Trinajstić information content (AvgIpc) is 3.13. The third-order valence-corrected chi connectivity index (χ3v) is 3.84. The highest BCUT2D eigenvalue weighted by atomic mass is 16.5. The number of carbonyl (C=O) groups is 1. The van der Waals surface area contributed by atoms with Crippen molar-refractivity contribution in [3.63, 3.8) is 0 Å². The highest BCUT2D eigenvalue weighted by molar-refractivity contribution is 5.86. The number of hydrogen-bond donors (Lipinski definition) is 1. The van der Waals surface area contributed by atoms with Gasteiger partial charge in [-0.2, -0.15) is 0 Å². The van der Waals surface area contributed by atoms with Crippen LogP contribution in [-0.2, 0) is 10.2 Å². The first-order valence-electron chi connectivity index (χ1n) is 6.28. The molecule has 1 aliphatic carbocycles. The predicted molar refractivity (Wildman–Crippen MR) is 65.3 cm³/mol. The van der Waals surface area contributed by atoms with Crippen LogP contribution in [0.3, 0.4) is 0 Å². The normalized spacial score (nSPS) is 20.1. The highest BCUT2D eigenvalue weighted by Crippen LogP contribution is 2.52. The maximum Gasteiger partial charge on any atom is 0.314 e. The summed E-state index contributed by atoms with van der Waals surface area (Å²) in [4.78, 5) is 11.4. The summed E-state index contributed by atoms with van der Waals surface area (Å²) >= 11 is 0. The lowest BCUT2D eigenvalue weighted by Gasteiger charge is -2.18. The number of ether oxygens (including phenoxy) is 2. The summed E-state index contributed by atoms with van der Waals surface area (Å²) in [5, 5.41) is 9.37. The van der Waals surface area contributed by atoms with Crippen molar-refractivity contribution in [2.75, 3.05) is 13.2 Å². The Morgan fingerprint density at radius 2 is 2.00 bits per heavy atom. The number of carboxylic acid groups (broad SMARTS) is 1. The Kier molecular flexibility index (Phi) is 2.47. The summed E-state index contributed by atoms with van der Waals surface area (Å²) in [5.74, 6) is 0.715. The molecule has 4 heteroatoms. The summed E-state index contributed by atoms with van der Waals surface area (Å²) in [7, 11) is 0. The van der Waals surface area contributed by atoms with Crippen LogP contribution in [-0.4, -0.2) is 24.3 Å². The fourth-order valence-electron chi connectivity index (χ4n) is 2.62. The zero-order chi connectivity index (χ0) is 12.8. The number of rotatable bonds is 2. The van der Waals surface area contributed by atoms with E-state index in [0.717, 1.165) is 29.0 Å². The van der Waals surface area contributed by atoms with Crippen molar-refractivity contribution in [1.82, 2.24) is 0 Å². The molecule has 0 atom stereocenters. The maximum absolute atomic E-state index is 11.4. The topological polar surface area (TPSA) is 55.8 Å². The van der Waals surface area contributed by atoms with Gasteiger partial charge in [-0.15, -0.1) is 0 Å². The van der Waals surface area contributed by atoms with Gasteiger partial charge in [0.15, 0.2) is 11.5 Å². The second-order valence-electron chi connectivity index (χ2n) is 5.00. The molecule has 1 aliphatic heterocycles. The van der Waals surface area contributed by atoms with Crippen LogP contribution in [0, 0.1) is 6.92 Å². The van der Waals surface area contributed by atoms with Gasteiger partial charge in [0, 0.05) is 6.42 Å². The predicted octanol–water partition coefficient (Wildman–Crippen LogP) is 2.27. The average molecular weight is 248 g/mol. The SMILES string of the molecule is Cc1c(C2(C(=O)O)CC2)ccc2c1OCCCO2. The summed E-state index contributed by atoms with van der Waals surface area (Å²) in [6.45, 7) is 3.19. The number of hydrogen-bond acceptors (Lipinski definition) is 3. The largest absolute Gasteiger partial charge is 0.490 e. The highest BCUT2D eigenvalue weighted by Gasteiger charge is 2.53. The second-order valence-corrected chi connectivity index (χ2v) is 5.00. The molecule has 0 saturated heterocycles. The third-order valence-electron chi connectivity index (χ3n) is 3.84. The smallest absolute Gasteiger partial charge is 0.314 e. The molecule has 3 rings (SSSR count). The molecule has 1 fully saturated rings. The Morgan fingerprint density at radius 3 is 2.67 bits per heavy atom. The Labute approximate surface area is 106 Å². The molecule has 1 saturated carbocycles. The van der Waals surface area contributed by atoms with Crippen molar-refractivity contribution in [1.29, 1.82) is 0 Å². The van der Waals surface area contributed by atoms with Gasteiger partial charge >= 0.3 is 5.97 Å². The Balaban J connectivity index is 2.08. The lowest BCUT2D eigenvalue weighted by atomic mass is 9.91. The fraction of sp³-hybridized carbons (Fsp3) is 0.500. The quantitative estimate of drug-likeness (QED) is 0.872. The summed E-state index contributed by atoms with van der Waals surface area (Å²) < 4.78 is 11.3. The molecule has 0 aromatic heterocycles. The second kappa shape index (κ2) is 3.90. The van der Waals surface area contributed by atoms with Gasteiger partial charge in [0.05, 0.1) is 18.6 Å². The van der Waals surface area contributed by atoms with E-state index in [-0.39, 0.29) is 0 Å². The molecule has 0 amide bonds. The summed E-state index contributed by atoms with van der Waals surface area (Å²) in [6, 6.07) is 3.72. The monoisotopic (exact) mass is 248 g/mol. The first-order chi connectivity index (χ1) is 8.65. The van der Waals surface area contributed by atoms with Crippen LogP contribution in [0.4, 0.5) is 0 Å². The van der Waals surface area contributed by atoms with E-state index in [1.165, 1.54) is 0 Å². The molecule has 18 heavy (non-hydrogen) atoms. The minimum atomic E-state index is -0.736.